The molecule has 2 aromatic heterocycles. The molecule has 2 atom stereocenters. The first-order chi connectivity index (χ1) is 14.0. The number of nitrogens with zero attached hydrogens (tertiary/aromatic N) is 5. The number of hydrogen-bond donors (Lipinski definition) is 1. The van der Waals surface area contributed by atoms with Gasteiger partial charge < -0.3 is 14.9 Å². The lowest BCUT2D eigenvalue weighted by Crippen LogP contribution is -2.38. The molecule has 0 radical (unpaired) electrons. The van der Waals surface area contributed by atoms with Crippen LogP contribution in [0.1, 0.15) is 25.0 Å². The maximum Gasteiger partial charge on any atom is 0.131 e. The van der Waals surface area contributed by atoms with Crippen molar-refractivity contribution in [3.8, 4) is 11.1 Å². The average Bonchev–Trinajstić information content (AvgIpc) is 3.18. The van der Waals surface area contributed by atoms with Gasteiger partial charge in [-0.2, -0.15) is 0 Å². The summed E-state index contributed by atoms with van der Waals surface area (Å²) in [5.41, 5.74) is 4.15. The van der Waals surface area contributed by atoms with Gasteiger partial charge in [0.2, 0.25) is 0 Å². The standard InChI is InChI=1S/C22H30ClN5O/c1-26(2)18-7-9-27(14-18)13-17-6-5-16(11-24-17)20-12-25-22(23)10-21(20)28-8-3-4-19(29)15-28/h5-6,10-12,18-19,29H,3-4,7-9,13-15H2,1-2H3/t18?,19-/m0/s1. The fourth-order valence-electron chi connectivity index (χ4n) is 4.36. The van der Waals surface area contributed by atoms with Gasteiger partial charge in [-0.15, -0.1) is 0 Å². The third kappa shape index (κ3) is 4.89. The van der Waals surface area contributed by atoms with Gasteiger partial charge in [0.05, 0.1) is 11.8 Å². The molecule has 2 fully saturated rings. The molecule has 4 heterocycles. The Bertz CT molecular complexity index is 828. The molecule has 2 aliphatic heterocycles. The fraction of sp³-hybridized carbons (Fsp3) is 0.545. The van der Waals surface area contributed by atoms with Crippen LogP contribution in [0, 0.1) is 0 Å². The molecule has 6 nitrogen and oxygen atoms in total. The number of rotatable bonds is 5. The van der Waals surface area contributed by atoms with Crippen LogP contribution < -0.4 is 4.90 Å². The van der Waals surface area contributed by atoms with Crippen molar-refractivity contribution in [2.75, 3.05) is 45.2 Å². The molecular weight excluding hydrogens is 386 g/mol. The second kappa shape index (κ2) is 8.96. The number of likely N-dealkylation sites (N-methyl/N-ethyl adjacent to an activating group) is 1. The van der Waals surface area contributed by atoms with Crippen LogP contribution in [-0.4, -0.2) is 77.3 Å². The van der Waals surface area contributed by atoms with E-state index in [2.05, 4.69) is 45.9 Å². The minimum absolute atomic E-state index is 0.296. The van der Waals surface area contributed by atoms with E-state index in [0.717, 1.165) is 61.5 Å². The Hall–Kier alpha value is -1.73. The second-order valence-electron chi connectivity index (χ2n) is 8.45. The third-order valence-electron chi connectivity index (χ3n) is 6.09. The quantitative estimate of drug-likeness (QED) is 0.758. The fourth-order valence-corrected chi connectivity index (χ4v) is 4.51. The summed E-state index contributed by atoms with van der Waals surface area (Å²) in [6.07, 6.45) is 6.50. The Morgan fingerprint density at radius 3 is 2.69 bits per heavy atom. The summed E-state index contributed by atoms with van der Waals surface area (Å²) in [5.74, 6) is 0. The number of anilines is 1. The van der Waals surface area contributed by atoms with Gasteiger partial charge in [-0.1, -0.05) is 17.7 Å². The Balaban J connectivity index is 1.50. The molecule has 0 aliphatic carbocycles. The van der Waals surface area contributed by atoms with Crippen LogP contribution >= 0.6 is 11.6 Å². The van der Waals surface area contributed by atoms with Crippen molar-refractivity contribution < 1.29 is 5.11 Å². The smallest absolute Gasteiger partial charge is 0.131 e. The molecule has 29 heavy (non-hydrogen) atoms. The van der Waals surface area contributed by atoms with Crippen LogP contribution in [-0.2, 0) is 6.54 Å². The van der Waals surface area contributed by atoms with Crippen molar-refractivity contribution in [3.05, 3.63) is 41.4 Å². The largest absolute Gasteiger partial charge is 0.391 e. The Kier molecular flexibility index (Phi) is 6.35. The highest BCUT2D eigenvalue weighted by Crippen LogP contribution is 2.33. The molecule has 0 spiro atoms. The molecule has 2 saturated heterocycles. The number of aliphatic hydroxyl groups is 1. The number of hydrogen-bond acceptors (Lipinski definition) is 6. The Labute approximate surface area is 178 Å². The Morgan fingerprint density at radius 2 is 2.00 bits per heavy atom. The number of aromatic nitrogens is 2. The summed E-state index contributed by atoms with van der Waals surface area (Å²) in [5, 5.41) is 10.6. The summed E-state index contributed by atoms with van der Waals surface area (Å²) in [6.45, 7) is 4.64. The molecule has 2 aliphatic rings. The van der Waals surface area contributed by atoms with E-state index in [1.54, 1.807) is 0 Å². The first kappa shape index (κ1) is 20.5. The second-order valence-corrected chi connectivity index (χ2v) is 8.83. The van der Waals surface area contributed by atoms with E-state index in [1.807, 2.05) is 18.5 Å². The van der Waals surface area contributed by atoms with Crippen LogP contribution in [0.25, 0.3) is 11.1 Å². The molecule has 1 N–H and O–H groups in total. The SMILES string of the molecule is CN(C)C1CCN(Cc2ccc(-c3cnc(Cl)cc3N3CCC[C@H](O)C3)cn2)C1. The minimum atomic E-state index is -0.296. The van der Waals surface area contributed by atoms with E-state index in [1.165, 1.54) is 6.42 Å². The maximum absolute atomic E-state index is 10.1. The van der Waals surface area contributed by atoms with Gasteiger partial charge in [0, 0.05) is 68.0 Å². The molecule has 1 unspecified atom stereocenters. The summed E-state index contributed by atoms with van der Waals surface area (Å²) in [4.78, 5) is 16.0. The monoisotopic (exact) mass is 415 g/mol. The normalized spacial score (nSPS) is 23.1. The van der Waals surface area contributed by atoms with Crippen LogP contribution in [0.15, 0.2) is 30.6 Å². The molecular formula is C22H30ClN5O. The number of aliphatic hydroxyl groups excluding tert-OH is 1. The van der Waals surface area contributed by atoms with E-state index < -0.39 is 0 Å². The van der Waals surface area contributed by atoms with E-state index in [9.17, 15) is 5.11 Å². The van der Waals surface area contributed by atoms with Gasteiger partial charge in [-0.3, -0.25) is 9.88 Å². The van der Waals surface area contributed by atoms with Crippen LogP contribution in [0.3, 0.4) is 0 Å². The minimum Gasteiger partial charge on any atom is -0.391 e. The topological polar surface area (TPSA) is 55.7 Å². The van der Waals surface area contributed by atoms with E-state index in [0.29, 0.717) is 17.7 Å². The number of halogens is 1. The van der Waals surface area contributed by atoms with Crippen LogP contribution in [0.4, 0.5) is 5.69 Å². The van der Waals surface area contributed by atoms with Crippen molar-refractivity contribution in [1.29, 1.82) is 0 Å². The molecule has 156 valence electrons. The zero-order valence-corrected chi connectivity index (χ0v) is 18.0. The first-order valence-electron chi connectivity index (χ1n) is 10.4. The molecule has 4 rings (SSSR count). The summed E-state index contributed by atoms with van der Waals surface area (Å²) in [6, 6.07) is 6.77. The van der Waals surface area contributed by atoms with Crippen molar-refractivity contribution in [2.24, 2.45) is 0 Å². The molecule has 0 aromatic carbocycles. The third-order valence-corrected chi connectivity index (χ3v) is 6.29. The molecule has 0 bridgehead atoms. The number of pyridine rings is 2. The first-order valence-corrected chi connectivity index (χ1v) is 10.8. The van der Waals surface area contributed by atoms with Gasteiger partial charge in [0.1, 0.15) is 5.15 Å². The van der Waals surface area contributed by atoms with E-state index in [-0.39, 0.29) is 6.10 Å². The van der Waals surface area contributed by atoms with Crippen molar-refractivity contribution in [1.82, 2.24) is 19.8 Å². The molecule has 2 aromatic rings. The Morgan fingerprint density at radius 1 is 1.14 bits per heavy atom. The summed E-state index contributed by atoms with van der Waals surface area (Å²) in [7, 11) is 4.31. The van der Waals surface area contributed by atoms with Gasteiger partial charge >= 0.3 is 0 Å². The lowest BCUT2D eigenvalue weighted by atomic mass is 10.0. The predicted octanol–water partition coefficient (Wildman–Crippen LogP) is 2.89. The van der Waals surface area contributed by atoms with Crippen molar-refractivity contribution in [3.63, 3.8) is 0 Å². The van der Waals surface area contributed by atoms with Crippen LogP contribution in [0.2, 0.25) is 5.15 Å². The highest BCUT2D eigenvalue weighted by Gasteiger charge is 2.24. The van der Waals surface area contributed by atoms with E-state index >= 15 is 0 Å². The molecule has 7 heteroatoms. The zero-order chi connectivity index (χ0) is 20.4. The van der Waals surface area contributed by atoms with Gasteiger partial charge in [0.25, 0.3) is 0 Å². The molecule has 0 amide bonds. The zero-order valence-electron chi connectivity index (χ0n) is 17.3. The van der Waals surface area contributed by atoms with Gasteiger partial charge in [-0.05, 0) is 45.5 Å². The molecule has 0 saturated carbocycles. The lowest BCUT2D eigenvalue weighted by Gasteiger charge is -2.33. The average molecular weight is 416 g/mol. The summed E-state index contributed by atoms with van der Waals surface area (Å²) >= 11 is 6.19. The lowest BCUT2D eigenvalue weighted by molar-refractivity contribution is 0.154. The van der Waals surface area contributed by atoms with Crippen molar-refractivity contribution in [2.45, 2.75) is 38.0 Å². The summed E-state index contributed by atoms with van der Waals surface area (Å²) < 4.78 is 0. The predicted molar refractivity (Wildman–Crippen MR) is 117 cm³/mol. The van der Waals surface area contributed by atoms with E-state index in [4.69, 9.17) is 16.6 Å². The number of piperidine rings is 1. The number of likely N-dealkylation sites (tertiary alicyclic amines) is 1. The highest BCUT2D eigenvalue weighted by atomic mass is 35.5. The van der Waals surface area contributed by atoms with Crippen LogP contribution in [0.5, 0.6) is 0 Å². The van der Waals surface area contributed by atoms with Crippen molar-refractivity contribution >= 4 is 17.3 Å². The highest BCUT2D eigenvalue weighted by molar-refractivity contribution is 6.29. The maximum atomic E-state index is 10.1. The van der Waals surface area contributed by atoms with Gasteiger partial charge in [0.15, 0.2) is 0 Å². The number of β-amino-alcohol motifs (C(OH)–C–C–N with tert-alkyl or cyclic N) is 1. The van der Waals surface area contributed by atoms with Gasteiger partial charge in [-0.25, -0.2) is 4.98 Å².